The van der Waals surface area contributed by atoms with E-state index in [4.69, 9.17) is 14.6 Å². The van der Waals surface area contributed by atoms with Crippen LogP contribution in [0.3, 0.4) is 0 Å². The van der Waals surface area contributed by atoms with Crippen LogP contribution in [0, 0.1) is 11.6 Å². The van der Waals surface area contributed by atoms with Gasteiger partial charge in [-0.3, -0.25) is 0 Å². The van der Waals surface area contributed by atoms with Gasteiger partial charge in [-0.25, -0.2) is 13.6 Å². The van der Waals surface area contributed by atoms with Crippen molar-refractivity contribution in [3.05, 3.63) is 63.5 Å². The molecule has 1 aliphatic rings. The molecule has 30 heavy (non-hydrogen) atoms. The number of carboxylic acids is 1. The number of carboxylic acid groups (broad SMARTS) is 1. The highest BCUT2D eigenvalue weighted by Crippen LogP contribution is 2.41. The number of carbonyl (C=O) groups is 1. The van der Waals surface area contributed by atoms with Crippen LogP contribution >= 0.6 is 23.7 Å². The number of hydrogen-bond acceptors (Lipinski definition) is 7. The average molecular weight is 455 g/mol. The number of aromatic carboxylic acids is 1. The predicted octanol–water partition coefficient (Wildman–Crippen LogP) is 5.35. The average Bonchev–Trinajstić information content (AvgIpc) is 3.16. The predicted molar refractivity (Wildman–Crippen MR) is 115 cm³/mol. The molecule has 10 heteroatoms. The largest absolute Gasteiger partial charge is 0.495 e. The SMILES string of the molecule is COc1cc(C(=O)O)c(F)cc1NSC1=CSC(c2cccc(OC(C)C)c2F)N1. The summed E-state index contributed by atoms with van der Waals surface area (Å²) in [6.45, 7) is 3.66. The van der Waals surface area contributed by atoms with Crippen molar-refractivity contribution in [3.63, 3.8) is 0 Å². The van der Waals surface area contributed by atoms with E-state index in [1.165, 1.54) is 18.9 Å². The fourth-order valence-corrected chi connectivity index (χ4v) is 4.52. The van der Waals surface area contributed by atoms with Gasteiger partial charge < -0.3 is 24.6 Å². The van der Waals surface area contributed by atoms with Gasteiger partial charge in [-0.15, -0.1) is 11.8 Å². The zero-order chi connectivity index (χ0) is 21.8. The molecule has 3 rings (SSSR count). The maximum Gasteiger partial charge on any atom is 0.338 e. The Morgan fingerprint density at radius 3 is 2.73 bits per heavy atom. The topological polar surface area (TPSA) is 79.8 Å². The first-order chi connectivity index (χ1) is 14.3. The van der Waals surface area contributed by atoms with Crippen molar-refractivity contribution in [2.24, 2.45) is 0 Å². The quantitative estimate of drug-likeness (QED) is 0.461. The van der Waals surface area contributed by atoms with E-state index in [-0.39, 0.29) is 28.7 Å². The Labute approximate surface area is 181 Å². The Morgan fingerprint density at radius 2 is 2.07 bits per heavy atom. The van der Waals surface area contributed by atoms with Crippen LogP contribution in [0.4, 0.5) is 14.5 Å². The number of methoxy groups -OCH3 is 1. The minimum atomic E-state index is -1.38. The van der Waals surface area contributed by atoms with Crippen molar-refractivity contribution >= 4 is 35.4 Å². The van der Waals surface area contributed by atoms with Crippen molar-refractivity contribution in [3.8, 4) is 11.5 Å². The normalized spacial score (nSPS) is 15.5. The molecule has 0 aliphatic carbocycles. The summed E-state index contributed by atoms with van der Waals surface area (Å²) >= 11 is 2.53. The molecule has 2 aromatic rings. The van der Waals surface area contributed by atoms with Gasteiger partial charge in [0.2, 0.25) is 0 Å². The molecule has 0 saturated heterocycles. The molecule has 0 radical (unpaired) electrons. The molecule has 2 aromatic carbocycles. The van der Waals surface area contributed by atoms with Gasteiger partial charge in [-0.2, -0.15) is 0 Å². The van der Waals surface area contributed by atoms with E-state index in [9.17, 15) is 13.6 Å². The molecule has 6 nitrogen and oxygen atoms in total. The van der Waals surface area contributed by atoms with Crippen molar-refractivity contribution in [2.75, 3.05) is 11.8 Å². The lowest BCUT2D eigenvalue weighted by Gasteiger charge is -2.17. The summed E-state index contributed by atoms with van der Waals surface area (Å²) in [6, 6.07) is 7.18. The zero-order valence-corrected chi connectivity index (χ0v) is 18.0. The lowest BCUT2D eigenvalue weighted by atomic mass is 10.2. The number of nitrogens with one attached hydrogen (secondary N) is 2. The first-order valence-corrected chi connectivity index (χ1v) is 10.7. The van der Waals surface area contributed by atoms with Crippen LogP contribution in [-0.2, 0) is 0 Å². The number of benzene rings is 2. The maximum atomic E-state index is 14.8. The van der Waals surface area contributed by atoms with Crippen LogP contribution in [0.1, 0.15) is 35.1 Å². The first-order valence-electron chi connectivity index (χ1n) is 8.91. The summed E-state index contributed by atoms with van der Waals surface area (Å²) in [4.78, 5) is 11.1. The number of rotatable bonds is 8. The molecular formula is C20H20F2N2O4S2. The molecule has 0 bridgehead atoms. The van der Waals surface area contributed by atoms with Crippen molar-refractivity contribution in [1.82, 2.24) is 5.32 Å². The van der Waals surface area contributed by atoms with Crippen molar-refractivity contribution in [2.45, 2.75) is 25.3 Å². The summed E-state index contributed by atoms with van der Waals surface area (Å²) in [5.74, 6) is -2.29. The molecule has 1 aliphatic heterocycles. The van der Waals surface area contributed by atoms with Crippen LogP contribution < -0.4 is 19.5 Å². The second-order valence-corrected chi connectivity index (χ2v) is 8.34. The van der Waals surface area contributed by atoms with E-state index in [1.807, 2.05) is 19.3 Å². The number of anilines is 1. The molecule has 1 unspecified atom stereocenters. The lowest BCUT2D eigenvalue weighted by Crippen LogP contribution is -2.15. The van der Waals surface area contributed by atoms with Gasteiger partial charge in [0.25, 0.3) is 0 Å². The Balaban J connectivity index is 1.68. The third-order valence-corrected chi connectivity index (χ3v) is 5.96. The van der Waals surface area contributed by atoms with E-state index in [0.29, 0.717) is 10.6 Å². The molecule has 160 valence electrons. The second kappa shape index (κ2) is 9.48. The minimum Gasteiger partial charge on any atom is -0.495 e. The first kappa shape index (κ1) is 22.1. The van der Waals surface area contributed by atoms with E-state index >= 15 is 0 Å². The molecule has 0 amide bonds. The number of halogens is 2. The summed E-state index contributed by atoms with van der Waals surface area (Å²) in [5.41, 5.74) is 0.259. The van der Waals surface area contributed by atoms with Gasteiger partial charge in [0, 0.05) is 29.0 Å². The number of thioether (sulfide) groups is 1. The lowest BCUT2D eigenvalue weighted by molar-refractivity contribution is 0.0691. The van der Waals surface area contributed by atoms with Crippen molar-refractivity contribution < 1.29 is 28.2 Å². The third-order valence-electron chi connectivity index (χ3n) is 4.01. The molecule has 0 spiro atoms. The Hall–Kier alpha value is -2.59. The Kier molecular flexibility index (Phi) is 6.99. The monoisotopic (exact) mass is 454 g/mol. The number of ether oxygens (including phenoxy) is 2. The highest BCUT2D eigenvalue weighted by molar-refractivity contribution is 8.07. The van der Waals surface area contributed by atoms with E-state index < -0.39 is 23.2 Å². The summed E-state index contributed by atoms with van der Waals surface area (Å²) in [6.07, 6.45) is -0.143. The van der Waals surface area contributed by atoms with Gasteiger partial charge in [-0.1, -0.05) is 12.1 Å². The van der Waals surface area contributed by atoms with Gasteiger partial charge in [-0.05, 0) is 26.0 Å². The highest BCUT2D eigenvalue weighted by Gasteiger charge is 2.24. The van der Waals surface area contributed by atoms with Gasteiger partial charge >= 0.3 is 5.97 Å². The van der Waals surface area contributed by atoms with Crippen LogP contribution in [-0.4, -0.2) is 24.3 Å². The smallest absolute Gasteiger partial charge is 0.338 e. The Morgan fingerprint density at radius 1 is 1.30 bits per heavy atom. The van der Waals surface area contributed by atoms with E-state index in [0.717, 1.165) is 24.1 Å². The molecule has 0 fully saturated rings. The summed E-state index contributed by atoms with van der Waals surface area (Å²) in [5, 5.41) is 14.4. The standard InChI is InChI=1S/C20H20F2N2O4S2/c1-10(2)28-15-6-4-5-11(18(15)22)19-23-17(9-29-19)30-24-14-8-13(21)12(20(25)26)7-16(14)27-3/h4-10,19,23-24H,1-3H3,(H,25,26). The van der Waals surface area contributed by atoms with Crippen LogP contribution in [0.25, 0.3) is 0 Å². The molecule has 3 N–H and O–H groups in total. The number of hydrogen-bond donors (Lipinski definition) is 3. The van der Waals surface area contributed by atoms with Crippen molar-refractivity contribution in [1.29, 1.82) is 0 Å². The van der Waals surface area contributed by atoms with Gasteiger partial charge in [0.05, 0.1) is 29.5 Å². The van der Waals surface area contributed by atoms with E-state index in [1.54, 1.807) is 18.2 Å². The molecule has 1 heterocycles. The summed E-state index contributed by atoms with van der Waals surface area (Å²) in [7, 11) is 1.36. The maximum absolute atomic E-state index is 14.8. The van der Waals surface area contributed by atoms with Gasteiger partial charge in [0.1, 0.15) is 16.9 Å². The fraction of sp³-hybridized carbons (Fsp3) is 0.250. The van der Waals surface area contributed by atoms with Crippen LogP contribution in [0.15, 0.2) is 40.8 Å². The highest BCUT2D eigenvalue weighted by atomic mass is 32.2. The molecule has 1 atom stereocenters. The molecule has 0 saturated carbocycles. The van der Waals surface area contributed by atoms with E-state index in [2.05, 4.69) is 10.0 Å². The summed E-state index contributed by atoms with van der Waals surface area (Å²) < 4.78 is 42.4. The zero-order valence-electron chi connectivity index (χ0n) is 16.4. The molecular weight excluding hydrogens is 434 g/mol. The minimum absolute atomic E-state index is 0.143. The fourth-order valence-electron chi connectivity index (χ4n) is 2.68. The molecule has 0 aromatic heterocycles. The van der Waals surface area contributed by atoms with Crippen LogP contribution in [0.2, 0.25) is 0 Å². The third kappa shape index (κ3) is 4.93. The van der Waals surface area contributed by atoms with Crippen LogP contribution in [0.5, 0.6) is 11.5 Å². The Bertz CT molecular complexity index is 986. The second-order valence-electron chi connectivity index (χ2n) is 6.51. The van der Waals surface area contributed by atoms with Gasteiger partial charge in [0.15, 0.2) is 11.6 Å².